The Balaban J connectivity index is 2.28. The second-order valence-corrected chi connectivity index (χ2v) is 6.19. The third-order valence-corrected chi connectivity index (χ3v) is 4.36. The maximum atomic E-state index is 13.1. The number of hydrogen-bond acceptors (Lipinski definition) is 7. The molecule has 0 fully saturated rings. The monoisotopic (exact) mass is 369 g/mol. The Labute approximate surface area is 156 Å². The fourth-order valence-corrected chi connectivity index (χ4v) is 3.07. The predicted molar refractivity (Wildman–Crippen MR) is 105 cm³/mol. The summed E-state index contributed by atoms with van der Waals surface area (Å²) >= 11 is 0. The highest BCUT2D eigenvalue weighted by atomic mass is 16.5. The van der Waals surface area contributed by atoms with Crippen LogP contribution in [0.3, 0.4) is 0 Å². The molecular weight excluding hydrogens is 346 g/mol. The van der Waals surface area contributed by atoms with E-state index < -0.39 is 0 Å². The summed E-state index contributed by atoms with van der Waals surface area (Å²) in [4.78, 5) is 22.1. The molecule has 0 aromatic heterocycles. The fourth-order valence-electron chi connectivity index (χ4n) is 3.07. The van der Waals surface area contributed by atoms with Crippen molar-refractivity contribution in [2.45, 2.75) is 12.8 Å². The van der Waals surface area contributed by atoms with E-state index in [4.69, 9.17) is 11.5 Å². The highest BCUT2D eigenvalue weighted by Gasteiger charge is 2.30. The molecule has 0 radical (unpaired) electrons. The Hall–Kier alpha value is -2.97. The van der Waals surface area contributed by atoms with Crippen molar-refractivity contribution >= 4 is 11.4 Å². The van der Waals surface area contributed by atoms with Crippen LogP contribution in [0.2, 0.25) is 0 Å². The number of nitrogens with zero attached hydrogens (tertiary/aromatic N) is 3. The van der Waals surface area contributed by atoms with Gasteiger partial charge in [-0.05, 0) is 50.2 Å². The molecule has 0 saturated heterocycles. The fraction of sp³-hybridized carbons (Fsp3) is 0.316. The van der Waals surface area contributed by atoms with Crippen LogP contribution >= 0.6 is 0 Å². The molecule has 0 spiro atoms. The second kappa shape index (κ2) is 8.15. The molecule has 0 amide bonds. The van der Waals surface area contributed by atoms with Crippen LogP contribution in [-0.4, -0.2) is 52.6 Å². The van der Waals surface area contributed by atoms with Crippen LogP contribution in [0.4, 0.5) is 0 Å². The summed E-state index contributed by atoms with van der Waals surface area (Å²) in [7, 11) is 0. The molecule has 0 unspecified atom stereocenters. The van der Waals surface area contributed by atoms with Crippen molar-refractivity contribution in [3.05, 3.63) is 51.8 Å². The molecule has 1 aliphatic heterocycles. The summed E-state index contributed by atoms with van der Waals surface area (Å²) in [5.74, 6) is -0.204. The largest absolute Gasteiger partial charge is 0.505 e. The van der Waals surface area contributed by atoms with Crippen LogP contribution in [0.1, 0.15) is 24.0 Å². The van der Waals surface area contributed by atoms with Crippen LogP contribution in [-0.2, 0) is 0 Å². The molecule has 3 aliphatic rings. The Bertz CT molecular complexity index is 959. The lowest BCUT2D eigenvalue weighted by Gasteiger charge is -2.21. The lowest BCUT2D eigenvalue weighted by Crippen LogP contribution is -2.27. The second-order valence-electron chi connectivity index (χ2n) is 6.19. The van der Waals surface area contributed by atoms with Crippen molar-refractivity contribution < 1.29 is 10.3 Å². The van der Waals surface area contributed by atoms with E-state index >= 15 is 0 Å². The first-order chi connectivity index (χ1) is 13.1. The first kappa shape index (κ1) is 18.8. The van der Waals surface area contributed by atoms with Crippen molar-refractivity contribution in [3.8, 4) is 17.0 Å². The highest BCUT2D eigenvalue weighted by Crippen LogP contribution is 2.35. The summed E-state index contributed by atoms with van der Waals surface area (Å²) in [5, 5.41) is 21.0. The SMILES string of the molecule is NCCCN=C1C=CC(=NCCCN)c2c1c(O)c1n(O)cccc-1c2=O. The normalized spacial score (nSPS) is 16.4. The zero-order chi connectivity index (χ0) is 19.4. The third kappa shape index (κ3) is 3.49. The van der Waals surface area contributed by atoms with Gasteiger partial charge < -0.3 is 21.8 Å². The van der Waals surface area contributed by atoms with Gasteiger partial charge in [0.1, 0.15) is 5.69 Å². The Morgan fingerprint density at radius 2 is 1.59 bits per heavy atom. The molecule has 0 saturated carbocycles. The van der Waals surface area contributed by atoms with Crippen LogP contribution in [0.5, 0.6) is 5.75 Å². The van der Waals surface area contributed by atoms with Crippen LogP contribution in [0, 0.1) is 0 Å². The topological polar surface area (TPSA) is 139 Å². The quantitative estimate of drug-likeness (QED) is 0.439. The molecule has 2 aliphatic carbocycles. The minimum absolute atomic E-state index is 0.0457. The first-order valence-electron chi connectivity index (χ1n) is 8.87. The molecular formula is C19H23N5O3. The number of fused-ring (bicyclic) bond motifs is 2. The van der Waals surface area contributed by atoms with Gasteiger partial charge in [0.25, 0.3) is 0 Å². The van der Waals surface area contributed by atoms with Crippen LogP contribution < -0.4 is 16.9 Å². The summed E-state index contributed by atoms with van der Waals surface area (Å²) in [6.07, 6.45) is 6.17. The van der Waals surface area contributed by atoms with E-state index in [2.05, 4.69) is 9.98 Å². The van der Waals surface area contributed by atoms with Gasteiger partial charge in [0, 0.05) is 19.3 Å². The molecule has 142 valence electrons. The maximum Gasteiger partial charge on any atom is 0.198 e. The van der Waals surface area contributed by atoms with Crippen molar-refractivity contribution in [2.75, 3.05) is 26.2 Å². The van der Waals surface area contributed by atoms with Gasteiger partial charge in [0.2, 0.25) is 0 Å². The smallest absolute Gasteiger partial charge is 0.198 e. The van der Waals surface area contributed by atoms with Gasteiger partial charge in [-0.2, -0.15) is 4.73 Å². The van der Waals surface area contributed by atoms with Gasteiger partial charge >= 0.3 is 0 Å². The predicted octanol–water partition coefficient (Wildman–Crippen LogP) is 0.742. The molecule has 1 heterocycles. The average Bonchev–Trinajstić information content (AvgIpc) is 2.66. The van der Waals surface area contributed by atoms with Crippen LogP contribution in [0.25, 0.3) is 11.3 Å². The zero-order valence-electron chi connectivity index (χ0n) is 14.9. The van der Waals surface area contributed by atoms with E-state index in [0.717, 1.165) is 4.73 Å². The number of phenols is 1. The lowest BCUT2D eigenvalue weighted by atomic mass is 9.88. The molecule has 27 heavy (non-hydrogen) atoms. The van der Waals surface area contributed by atoms with Crippen molar-refractivity contribution in [1.29, 1.82) is 0 Å². The zero-order valence-corrected chi connectivity index (χ0v) is 14.9. The summed E-state index contributed by atoms with van der Waals surface area (Å²) in [6.45, 7) is 1.93. The van der Waals surface area contributed by atoms with Crippen molar-refractivity contribution in [1.82, 2.24) is 4.73 Å². The molecule has 8 heteroatoms. The number of phenolic OH excluding ortho intramolecular Hbond substituents is 1. The number of rotatable bonds is 6. The van der Waals surface area contributed by atoms with Crippen molar-refractivity contribution in [2.24, 2.45) is 21.5 Å². The number of hydrogen-bond donors (Lipinski definition) is 4. The average molecular weight is 369 g/mol. The summed E-state index contributed by atoms with van der Waals surface area (Å²) in [5.41, 5.74) is 12.5. The van der Waals surface area contributed by atoms with E-state index in [1.54, 1.807) is 18.2 Å². The molecule has 8 nitrogen and oxygen atoms in total. The Kier molecular flexibility index (Phi) is 5.68. The Morgan fingerprint density at radius 1 is 1.00 bits per heavy atom. The van der Waals surface area contributed by atoms with E-state index in [1.807, 2.05) is 0 Å². The van der Waals surface area contributed by atoms with Crippen LogP contribution in [0.15, 0.2) is 45.3 Å². The minimum atomic E-state index is -0.316. The van der Waals surface area contributed by atoms with Gasteiger partial charge in [0.15, 0.2) is 11.2 Å². The summed E-state index contributed by atoms with van der Waals surface area (Å²) < 4.78 is 0.743. The number of benzene rings is 1. The molecule has 0 bridgehead atoms. The van der Waals surface area contributed by atoms with E-state index in [-0.39, 0.29) is 33.6 Å². The van der Waals surface area contributed by atoms with E-state index in [0.29, 0.717) is 50.4 Å². The van der Waals surface area contributed by atoms with E-state index in [9.17, 15) is 15.1 Å². The molecule has 6 N–H and O–H groups in total. The van der Waals surface area contributed by atoms with Crippen molar-refractivity contribution in [3.63, 3.8) is 0 Å². The third-order valence-electron chi connectivity index (χ3n) is 4.36. The number of allylic oxidation sites excluding steroid dienone is 2. The number of nitrogens with two attached hydrogens (primary N) is 2. The van der Waals surface area contributed by atoms with Gasteiger partial charge in [-0.1, -0.05) is 0 Å². The summed E-state index contributed by atoms with van der Waals surface area (Å²) in [6, 6.07) is 3.10. The molecule has 0 atom stereocenters. The van der Waals surface area contributed by atoms with E-state index in [1.165, 1.54) is 12.3 Å². The maximum absolute atomic E-state index is 13.1. The highest BCUT2D eigenvalue weighted by molar-refractivity contribution is 6.27. The van der Waals surface area contributed by atoms with Gasteiger partial charge in [0.05, 0.1) is 28.1 Å². The molecule has 3 rings (SSSR count). The minimum Gasteiger partial charge on any atom is -0.505 e. The van der Waals surface area contributed by atoms with Gasteiger partial charge in [-0.15, -0.1) is 0 Å². The Morgan fingerprint density at radius 3 is 2.19 bits per heavy atom. The van der Waals surface area contributed by atoms with Gasteiger partial charge in [-0.3, -0.25) is 14.8 Å². The lowest BCUT2D eigenvalue weighted by molar-refractivity contribution is 0.186. The number of aromatic nitrogens is 1. The number of aromatic hydroxyl groups is 1. The molecule has 0 aromatic rings. The first-order valence-corrected chi connectivity index (χ1v) is 8.87. The standard InChI is InChI=1S/C19H23N5O3/c20-7-2-9-22-13-5-6-14(23-10-3-8-21)16-15(13)18(25)12-4-1-11-24(27)17(12)19(16)26/h1,4-6,11,26-27H,2-3,7-10,20-21H2. The van der Waals surface area contributed by atoms with Gasteiger partial charge in [-0.25, -0.2) is 0 Å². The number of aliphatic imine (C=N–C) groups is 2. The molecule has 0 aromatic carbocycles. The number of pyridine rings is 1.